The second-order valence-electron chi connectivity index (χ2n) is 11.1. The summed E-state index contributed by atoms with van der Waals surface area (Å²) in [6.45, 7) is 9.61. The van der Waals surface area contributed by atoms with E-state index in [1.807, 2.05) is 0 Å². The lowest BCUT2D eigenvalue weighted by atomic mass is 9.51. The minimum absolute atomic E-state index is 0.170. The molecule has 2 aromatic rings. The molecule has 188 valence electrons. The molecule has 0 spiro atoms. The Hall–Kier alpha value is -2.17. The molecule has 0 radical (unpaired) electrons. The highest BCUT2D eigenvalue weighted by molar-refractivity contribution is 5.76. The van der Waals surface area contributed by atoms with Crippen LogP contribution in [-0.2, 0) is 4.79 Å². The van der Waals surface area contributed by atoms with E-state index in [0.717, 1.165) is 26.1 Å². The van der Waals surface area contributed by atoms with Gasteiger partial charge in [0.15, 0.2) is 0 Å². The maximum absolute atomic E-state index is 13.3. The molecule has 1 amide bonds. The van der Waals surface area contributed by atoms with Crippen molar-refractivity contribution in [3.05, 3.63) is 71.8 Å². The third-order valence-corrected chi connectivity index (χ3v) is 9.32. The third-order valence-electron chi connectivity index (χ3n) is 9.32. The summed E-state index contributed by atoms with van der Waals surface area (Å²) in [6.07, 6.45) is 6.73. The predicted octanol–water partition coefficient (Wildman–Crippen LogP) is 5.42. The number of hydrogen-bond acceptors (Lipinski definition) is 3. The summed E-state index contributed by atoms with van der Waals surface area (Å²) >= 11 is 0. The minimum Gasteiger partial charge on any atom is -0.353 e. The Bertz CT molecular complexity index is 902. The number of amides is 1. The fourth-order valence-corrected chi connectivity index (χ4v) is 7.61. The monoisotopic (exact) mass is 473 g/mol. The van der Waals surface area contributed by atoms with E-state index in [0.29, 0.717) is 24.2 Å². The number of nitrogens with one attached hydrogen (secondary N) is 1. The van der Waals surface area contributed by atoms with Gasteiger partial charge in [0, 0.05) is 24.5 Å². The Morgan fingerprint density at radius 1 is 0.886 bits per heavy atom. The molecule has 3 atom stereocenters. The van der Waals surface area contributed by atoms with Gasteiger partial charge in [0.25, 0.3) is 0 Å². The van der Waals surface area contributed by atoms with Crippen molar-refractivity contribution in [2.24, 2.45) is 5.92 Å². The van der Waals surface area contributed by atoms with Gasteiger partial charge in [-0.3, -0.25) is 9.69 Å². The molecule has 1 aliphatic heterocycles. The fourth-order valence-electron chi connectivity index (χ4n) is 7.61. The SMILES string of the molecule is CCN(CC)CCC(=O)NC1CC2(N3CCCC3)CC(c3ccccc3)C1C(c1ccccc1)C2. The second kappa shape index (κ2) is 10.8. The largest absolute Gasteiger partial charge is 0.353 e. The van der Waals surface area contributed by atoms with Crippen molar-refractivity contribution in [3.8, 4) is 0 Å². The molecule has 1 saturated heterocycles. The first kappa shape index (κ1) is 24.5. The number of carbonyl (C=O) groups is 1. The van der Waals surface area contributed by atoms with E-state index in [1.54, 1.807) is 0 Å². The lowest BCUT2D eigenvalue weighted by Gasteiger charge is -2.61. The van der Waals surface area contributed by atoms with Crippen molar-refractivity contribution < 1.29 is 4.79 Å². The fraction of sp³-hybridized carbons (Fsp3) is 0.581. The van der Waals surface area contributed by atoms with Crippen LogP contribution in [0, 0.1) is 5.92 Å². The average Bonchev–Trinajstić information content (AvgIpc) is 3.46. The first-order valence-corrected chi connectivity index (χ1v) is 14.0. The molecular formula is C31H43N3O. The van der Waals surface area contributed by atoms with Crippen LogP contribution in [0.5, 0.6) is 0 Å². The molecule has 35 heavy (non-hydrogen) atoms. The second-order valence-corrected chi connectivity index (χ2v) is 11.1. The number of fused-ring (bicyclic) bond motifs is 3. The molecule has 1 N–H and O–H groups in total. The number of rotatable bonds is 9. The first-order valence-electron chi connectivity index (χ1n) is 14.0. The Morgan fingerprint density at radius 3 is 1.94 bits per heavy atom. The maximum atomic E-state index is 13.3. The van der Waals surface area contributed by atoms with Crippen molar-refractivity contribution in [1.29, 1.82) is 0 Å². The third kappa shape index (κ3) is 5.06. The van der Waals surface area contributed by atoms with E-state index in [2.05, 4.69) is 89.6 Å². The Labute approximate surface area is 212 Å². The topological polar surface area (TPSA) is 35.6 Å². The molecular weight excluding hydrogens is 430 g/mol. The molecule has 6 rings (SSSR count). The van der Waals surface area contributed by atoms with Gasteiger partial charge in [-0.05, 0) is 87.2 Å². The van der Waals surface area contributed by atoms with Crippen molar-refractivity contribution in [2.45, 2.75) is 75.8 Å². The van der Waals surface area contributed by atoms with Gasteiger partial charge in [0.2, 0.25) is 5.91 Å². The highest BCUT2D eigenvalue weighted by Gasteiger charge is 2.58. The van der Waals surface area contributed by atoms with E-state index in [1.165, 1.54) is 49.9 Å². The van der Waals surface area contributed by atoms with Crippen LogP contribution in [0.15, 0.2) is 60.7 Å². The van der Waals surface area contributed by atoms with Crippen molar-refractivity contribution in [3.63, 3.8) is 0 Å². The summed E-state index contributed by atoms with van der Waals surface area (Å²) in [6, 6.07) is 22.5. The Morgan fingerprint density at radius 2 is 1.43 bits per heavy atom. The van der Waals surface area contributed by atoms with Gasteiger partial charge in [-0.2, -0.15) is 0 Å². The summed E-state index contributed by atoms with van der Waals surface area (Å²) in [5.41, 5.74) is 3.07. The lowest BCUT2D eigenvalue weighted by Crippen LogP contribution is -2.65. The average molecular weight is 474 g/mol. The zero-order valence-electron chi connectivity index (χ0n) is 21.7. The first-order chi connectivity index (χ1) is 17.1. The van der Waals surface area contributed by atoms with Crippen LogP contribution in [0.4, 0.5) is 0 Å². The van der Waals surface area contributed by atoms with Crippen LogP contribution in [0.25, 0.3) is 0 Å². The molecule has 1 heterocycles. The highest BCUT2D eigenvalue weighted by atomic mass is 16.1. The van der Waals surface area contributed by atoms with Gasteiger partial charge in [0.1, 0.15) is 0 Å². The predicted molar refractivity (Wildman–Crippen MR) is 144 cm³/mol. The van der Waals surface area contributed by atoms with Crippen LogP contribution in [0.3, 0.4) is 0 Å². The van der Waals surface area contributed by atoms with Gasteiger partial charge in [-0.1, -0.05) is 74.5 Å². The van der Waals surface area contributed by atoms with E-state index in [4.69, 9.17) is 0 Å². The molecule has 4 nitrogen and oxygen atoms in total. The molecule has 3 unspecified atom stereocenters. The van der Waals surface area contributed by atoms with Crippen LogP contribution < -0.4 is 5.32 Å². The zero-order chi connectivity index (χ0) is 24.3. The Balaban J connectivity index is 1.49. The molecule has 3 aliphatic carbocycles. The van der Waals surface area contributed by atoms with Crippen LogP contribution in [0.2, 0.25) is 0 Å². The van der Waals surface area contributed by atoms with Gasteiger partial charge < -0.3 is 10.2 Å². The molecule has 3 saturated carbocycles. The summed E-state index contributed by atoms with van der Waals surface area (Å²) in [4.78, 5) is 18.4. The number of nitrogens with zero attached hydrogens (tertiary/aromatic N) is 2. The smallest absolute Gasteiger partial charge is 0.221 e. The highest BCUT2D eigenvalue weighted by Crippen LogP contribution is 2.60. The summed E-state index contributed by atoms with van der Waals surface area (Å²) in [7, 11) is 0. The quantitative estimate of drug-likeness (QED) is 0.528. The van der Waals surface area contributed by atoms with E-state index in [9.17, 15) is 4.79 Å². The van der Waals surface area contributed by atoms with Gasteiger partial charge in [-0.25, -0.2) is 0 Å². The number of hydrogen-bond donors (Lipinski definition) is 1. The lowest BCUT2D eigenvalue weighted by molar-refractivity contribution is -0.125. The van der Waals surface area contributed by atoms with E-state index in [-0.39, 0.29) is 17.5 Å². The van der Waals surface area contributed by atoms with Gasteiger partial charge >= 0.3 is 0 Å². The molecule has 0 aromatic heterocycles. The van der Waals surface area contributed by atoms with E-state index < -0.39 is 0 Å². The van der Waals surface area contributed by atoms with E-state index >= 15 is 0 Å². The normalized spacial score (nSPS) is 30.6. The van der Waals surface area contributed by atoms with Crippen LogP contribution in [0.1, 0.15) is 75.3 Å². The molecule has 2 aromatic carbocycles. The van der Waals surface area contributed by atoms with Gasteiger partial charge in [0.05, 0.1) is 0 Å². The van der Waals surface area contributed by atoms with Crippen molar-refractivity contribution in [1.82, 2.24) is 15.1 Å². The van der Waals surface area contributed by atoms with Crippen molar-refractivity contribution >= 4 is 5.91 Å². The maximum Gasteiger partial charge on any atom is 0.221 e. The zero-order valence-corrected chi connectivity index (χ0v) is 21.7. The minimum atomic E-state index is 0.170. The molecule has 4 aliphatic rings. The molecule has 4 heteroatoms. The van der Waals surface area contributed by atoms with Gasteiger partial charge in [-0.15, -0.1) is 0 Å². The molecule has 2 bridgehead atoms. The summed E-state index contributed by atoms with van der Waals surface area (Å²) in [5, 5.41) is 3.61. The number of benzene rings is 2. The molecule has 4 fully saturated rings. The number of likely N-dealkylation sites (tertiary alicyclic amines) is 1. The van der Waals surface area contributed by atoms with Crippen LogP contribution >= 0.6 is 0 Å². The Kier molecular flexibility index (Phi) is 7.59. The standard InChI is InChI=1S/C31H43N3O/c1-3-33(4-2)20-17-29(35)32-28-23-31(34-18-11-12-19-34)21-26(24-13-7-5-8-14-24)30(28)27(22-31)25-15-9-6-10-16-25/h5-10,13-16,26-28,30H,3-4,11-12,17-23H2,1-2H3,(H,32,35). The summed E-state index contributed by atoms with van der Waals surface area (Å²) < 4.78 is 0. The summed E-state index contributed by atoms with van der Waals surface area (Å²) in [5.74, 6) is 1.60. The number of carbonyl (C=O) groups excluding carboxylic acids is 1. The van der Waals surface area contributed by atoms with Crippen LogP contribution in [-0.4, -0.2) is 60.0 Å². The van der Waals surface area contributed by atoms with Crippen molar-refractivity contribution in [2.75, 3.05) is 32.7 Å².